The van der Waals surface area contributed by atoms with Crippen LogP contribution < -0.4 is 3.22 Å². The van der Waals surface area contributed by atoms with Gasteiger partial charge in [-0.2, -0.15) is 0 Å². The average Bonchev–Trinajstić information content (AvgIpc) is 2.99. The molecule has 1 heterocycles. The van der Waals surface area contributed by atoms with E-state index in [1.807, 2.05) is 6.92 Å². The molecule has 0 radical (unpaired) electrons. The third-order valence-corrected chi connectivity index (χ3v) is 4.83. The molecule has 1 N–H and O–H groups in total. The summed E-state index contributed by atoms with van der Waals surface area (Å²) < 4.78 is 7.95. The van der Waals surface area contributed by atoms with Gasteiger partial charge in [0.2, 0.25) is 0 Å². The van der Waals surface area contributed by atoms with Gasteiger partial charge in [-0.15, -0.1) is 0 Å². The Morgan fingerprint density at radius 1 is 1.38 bits per heavy atom. The van der Waals surface area contributed by atoms with E-state index in [0.29, 0.717) is 32.4 Å². The number of nitrogens with one attached hydrogen (secondary N) is 1. The molecule has 1 rings (SSSR count). The van der Waals surface area contributed by atoms with Gasteiger partial charge in [0.25, 0.3) is 0 Å². The second kappa shape index (κ2) is 11.2. The van der Waals surface area contributed by atoms with Crippen molar-refractivity contribution in [3.8, 4) is 0 Å². The fraction of sp³-hybridized carbons (Fsp3) is 0.786. The molecule has 0 spiro atoms. The molecule has 0 saturated carbocycles. The number of ether oxygens (including phenoxy) is 1. The summed E-state index contributed by atoms with van der Waals surface area (Å²) in [6.07, 6.45) is 2.10. The van der Waals surface area contributed by atoms with E-state index in [9.17, 15) is 14.4 Å². The monoisotopic (exact) mass is 534 g/mol. The molecule has 2 atom stereocenters. The van der Waals surface area contributed by atoms with Gasteiger partial charge in [-0.3, -0.25) is 0 Å². The smallest absolute Gasteiger partial charge is 0.0940 e. The molecule has 0 unspecified atom stereocenters. The van der Waals surface area contributed by atoms with E-state index in [4.69, 9.17) is 10.3 Å². The van der Waals surface area contributed by atoms with Gasteiger partial charge in [-0.25, -0.2) is 0 Å². The van der Waals surface area contributed by atoms with Crippen molar-refractivity contribution in [3.63, 3.8) is 0 Å². The summed E-state index contributed by atoms with van der Waals surface area (Å²) in [5, 5.41) is 3.42. The maximum atomic E-state index is 12.3. The van der Waals surface area contributed by atoms with E-state index in [2.05, 4.69) is 13.2 Å². The van der Waals surface area contributed by atoms with E-state index in [0.717, 1.165) is 31.8 Å². The number of rotatable bonds is 9. The first-order chi connectivity index (χ1) is 11.5. The van der Waals surface area contributed by atoms with E-state index >= 15 is 0 Å². The van der Waals surface area contributed by atoms with Crippen molar-refractivity contribution >= 4 is 43.1 Å². The zero-order valence-electron chi connectivity index (χ0n) is 13.7. The minimum Gasteiger partial charge on any atom is -0.0940 e. The summed E-state index contributed by atoms with van der Waals surface area (Å²) >= 11 is 0.753. The van der Waals surface area contributed by atoms with Crippen LogP contribution >= 0.6 is 0 Å². The third-order valence-electron chi connectivity index (χ3n) is 3.86. The molecule has 1 aliphatic heterocycles. The van der Waals surface area contributed by atoms with Crippen LogP contribution in [0.4, 0.5) is 0 Å². The Labute approximate surface area is 156 Å². The predicted octanol–water partition coefficient (Wildman–Crippen LogP) is 0.712. The second-order valence-electron chi connectivity index (χ2n) is 5.55. The fourth-order valence-electron chi connectivity index (χ4n) is 2.66. The zero-order valence-corrected chi connectivity index (χ0v) is 17.2. The standard InChI is InChI=1S/C14H23N5O4.Po.H/c1-2-10-8-11(23-14(22)6-5-12(15)20)9-19(10)13(21)4-3-7-17-18-16;;/h10-11H,2-9H2,1H3,(H2,15,20);;/q;+1;/p-1/t10-,11+;;/m1../s1. The Morgan fingerprint density at radius 2 is 2.12 bits per heavy atom. The topological polar surface area (TPSA) is 124 Å². The molecule has 1 aliphatic rings. The normalized spacial score (nSPS) is 19.5. The average molecular weight is 534 g/mol. The van der Waals surface area contributed by atoms with Gasteiger partial charge >= 0.3 is 135 Å². The van der Waals surface area contributed by atoms with Crippen molar-refractivity contribution in [1.82, 2.24) is 8.12 Å². The number of nitrogens with zero attached hydrogens (tertiary/aromatic N) is 4. The van der Waals surface area contributed by atoms with Gasteiger partial charge in [0, 0.05) is 11.5 Å². The second-order valence-corrected chi connectivity index (χ2v) is 6.42. The van der Waals surface area contributed by atoms with E-state index in [1.54, 1.807) is 4.90 Å². The van der Waals surface area contributed by atoms with Crippen LogP contribution in [-0.4, -0.2) is 73.3 Å². The summed E-state index contributed by atoms with van der Waals surface area (Å²) in [5.74, 6) is -0.577. The Morgan fingerprint density at radius 3 is 2.75 bits per heavy atom. The summed E-state index contributed by atoms with van der Waals surface area (Å²) in [6.45, 7) is 2.67. The number of hydrogen-bond donors (Lipinski definition) is 1. The van der Waals surface area contributed by atoms with Gasteiger partial charge in [0.05, 0.1) is 0 Å². The van der Waals surface area contributed by atoms with Crippen LogP contribution in [0.2, 0.25) is 0 Å². The molecule has 0 aromatic rings. The summed E-state index contributed by atoms with van der Waals surface area (Å²) in [7, 11) is 0. The quantitative estimate of drug-likeness (QED) is 0.154. The molecule has 10 heteroatoms. The molecule has 2 amide bonds. The molecular formula is C14H23N5O4Po. The molecule has 0 aromatic carbocycles. The number of likely N-dealkylation sites (tertiary alicyclic amines) is 1. The Hall–Kier alpha value is -1.38. The SMILES string of the molecule is CC[C@@H]1C[C@H](OC(=O)CCC(=O)[NH][PoH])CN1C(=O)CCCN=[N+]=[N-]. The Kier molecular flexibility index (Phi) is 9.66. The number of esters is 1. The maximum absolute atomic E-state index is 12.3. The van der Waals surface area contributed by atoms with Crippen molar-refractivity contribution in [2.45, 2.75) is 57.6 Å². The first-order valence-electron chi connectivity index (χ1n) is 7.94. The van der Waals surface area contributed by atoms with Crippen molar-refractivity contribution in [3.05, 3.63) is 10.4 Å². The van der Waals surface area contributed by atoms with Crippen LogP contribution in [0.3, 0.4) is 0 Å². The molecule has 1 fully saturated rings. The van der Waals surface area contributed by atoms with Crippen LogP contribution in [-0.2, 0) is 19.1 Å². The predicted molar refractivity (Wildman–Crippen MR) is 88.1 cm³/mol. The molecule has 0 bridgehead atoms. The van der Waals surface area contributed by atoms with Gasteiger partial charge in [0.15, 0.2) is 0 Å². The number of carbonyl (C=O) groups excluding carboxylic acids is 3. The van der Waals surface area contributed by atoms with Gasteiger partial charge in [-0.05, 0) is 5.53 Å². The van der Waals surface area contributed by atoms with Gasteiger partial charge in [-0.1, -0.05) is 5.11 Å². The molecule has 24 heavy (non-hydrogen) atoms. The Balaban J connectivity index is 2.44. The first kappa shape index (κ1) is 20.7. The minimum absolute atomic E-state index is 0.0112. The number of hydrogen-bond acceptors (Lipinski definition) is 5. The van der Waals surface area contributed by atoms with Crippen molar-refractivity contribution in [1.29, 1.82) is 0 Å². The number of amides is 2. The summed E-state index contributed by atoms with van der Waals surface area (Å²) in [6, 6.07) is 0.0542. The van der Waals surface area contributed by atoms with Crippen molar-refractivity contribution < 1.29 is 19.1 Å². The van der Waals surface area contributed by atoms with E-state index in [1.165, 1.54) is 0 Å². The fourth-order valence-corrected chi connectivity index (χ4v) is 3.09. The van der Waals surface area contributed by atoms with E-state index in [-0.39, 0.29) is 36.8 Å². The molecule has 1 saturated heterocycles. The third kappa shape index (κ3) is 7.02. The summed E-state index contributed by atoms with van der Waals surface area (Å²) in [5.41, 5.74) is 8.23. The van der Waals surface area contributed by atoms with Crippen molar-refractivity contribution in [2.24, 2.45) is 5.11 Å². The first-order valence-corrected chi connectivity index (χ1v) is 9.68. The summed E-state index contributed by atoms with van der Waals surface area (Å²) in [4.78, 5) is 39.6. The molecular weight excluding hydrogens is 511 g/mol. The molecule has 0 aliphatic carbocycles. The van der Waals surface area contributed by atoms with E-state index < -0.39 is 5.97 Å². The Bertz CT molecular complexity index is 509. The van der Waals surface area contributed by atoms with Crippen LogP contribution in [0.15, 0.2) is 5.11 Å². The molecule has 0 aromatic heterocycles. The van der Waals surface area contributed by atoms with Crippen LogP contribution in [0.5, 0.6) is 0 Å². The molecule has 134 valence electrons. The number of azide groups is 1. The van der Waals surface area contributed by atoms with Gasteiger partial charge < -0.3 is 0 Å². The number of carbonyl (C=O) groups is 3. The van der Waals surface area contributed by atoms with Crippen LogP contribution in [0.1, 0.15) is 45.4 Å². The van der Waals surface area contributed by atoms with Gasteiger partial charge in [0.1, 0.15) is 0 Å². The van der Waals surface area contributed by atoms with Crippen LogP contribution in [0, 0.1) is 0 Å². The zero-order chi connectivity index (χ0) is 17.9. The minimum atomic E-state index is -0.408. The van der Waals surface area contributed by atoms with Crippen molar-refractivity contribution in [2.75, 3.05) is 13.1 Å². The van der Waals surface area contributed by atoms with Crippen LogP contribution in [0.25, 0.3) is 10.4 Å². The molecule has 9 nitrogen and oxygen atoms in total.